The van der Waals surface area contributed by atoms with Gasteiger partial charge in [-0.2, -0.15) is 4.98 Å². The van der Waals surface area contributed by atoms with Crippen LogP contribution in [0.1, 0.15) is 19.3 Å². The normalized spacial score (nSPS) is 16.0. The van der Waals surface area contributed by atoms with E-state index in [1.807, 2.05) is 30.5 Å². The van der Waals surface area contributed by atoms with Gasteiger partial charge in [-0.25, -0.2) is 19.3 Å². The minimum absolute atomic E-state index is 0.125. The molecule has 0 atom stereocenters. The van der Waals surface area contributed by atoms with Crippen LogP contribution in [0, 0.1) is 0 Å². The van der Waals surface area contributed by atoms with E-state index < -0.39 is 0 Å². The van der Waals surface area contributed by atoms with Crippen molar-refractivity contribution in [1.29, 1.82) is 0 Å². The Hall–Kier alpha value is -2.61. The number of hydrogen-bond donors (Lipinski definition) is 0. The zero-order valence-corrected chi connectivity index (χ0v) is 15.3. The van der Waals surface area contributed by atoms with Gasteiger partial charge < -0.3 is 4.74 Å². The van der Waals surface area contributed by atoms with E-state index in [0.717, 1.165) is 19.3 Å². The number of hydrogen-bond acceptors (Lipinski definition) is 6. The van der Waals surface area contributed by atoms with Gasteiger partial charge in [0.1, 0.15) is 5.39 Å². The first-order valence-electron chi connectivity index (χ1n) is 8.56. The summed E-state index contributed by atoms with van der Waals surface area (Å²) < 4.78 is 9.17. The number of nitrogens with zero attached hydrogens (tertiary/aromatic N) is 5. The van der Waals surface area contributed by atoms with Crippen LogP contribution in [0.2, 0.25) is 0 Å². The fourth-order valence-electron chi connectivity index (χ4n) is 2.94. The highest BCUT2D eigenvalue weighted by atomic mass is 32.2. The Labute approximate surface area is 154 Å². The molecule has 3 aromatic heterocycles. The lowest BCUT2D eigenvalue weighted by molar-refractivity contribution is 0.295. The highest BCUT2D eigenvalue weighted by Crippen LogP contribution is 2.19. The molecule has 7 nitrogen and oxygen atoms in total. The number of fused-ring (bicyclic) bond motifs is 6. The molecule has 0 aromatic carbocycles. The molecule has 0 radical (unpaired) electrons. The summed E-state index contributed by atoms with van der Waals surface area (Å²) in [6.07, 6.45) is 10.6. The lowest BCUT2D eigenvalue weighted by atomic mass is 10.2. The van der Waals surface area contributed by atoms with Crippen LogP contribution < -0.4 is 10.3 Å². The monoisotopic (exact) mass is 369 g/mol. The van der Waals surface area contributed by atoms with Gasteiger partial charge in [-0.05, 0) is 31.6 Å². The van der Waals surface area contributed by atoms with Crippen LogP contribution in [0.15, 0.2) is 46.5 Å². The molecule has 0 aliphatic carbocycles. The Kier molecular flexibility index (Phi) is 4.75. The first-order valence-corrected chi connectivity index (χ1v) is 9.78. The topological polar surface area (TPSA) is 74.8 Å². The van der Waals surface area contributed by atoms with Crippen LogP contribution in [-0.2, 0) is 6.54 Å². The van der Waals surface area contributed by atoms with Gasteiger partial charge in [0.05, 0.1) is 13.2 Å². The summed E-state index contributed by atoms with van der Waals surface area (Å²) >= 11 is 1.44. The molecule has 26 heavy (non-hydrogen) atoms. The third-order valence-corrected chi connectivity index (χ3v) is 4.78. The van der Waals surface area contributed by atoms with Gasteiger partial charge in [0.15, 0.2) is 16.6 Å². The summed E-state index contributed by atoms with van der Waals surface area (Å²) in [6.45, 7) is 1.08. The second kappa shape index (κ2) is 7.33. The third kappa shape index (κ3) is 3.12. The lowest BCUT2D eigenvalue weighted by Crippen LogP contribution is -2.22. The van der Waals surface area contributed by atoms with Crippen molar-refractivity contribution in [3.05, 3.63) is 46.9 Å². The van der Waals surface area contributed by atoms with Crippen LogP contribution >= 0.6 is 11.8 Å². The molecule has 0 fully saturated rings. The molecule has 0 saturated carbocycles. The molecule has 1 aliphatic rings. The van der Waals surface area contributed by atoms with Gasteiger partial charge in [0, 0.05) is 12.3 Å². The Morgan fingerprint density at radius 1 is 1.19 bits per heavy atom. The highest BCUT2D eigenvalue weighted by molar-refractivity contribution is 7.98. The van der Waals surface area contributed by atoms with Gasteiger partial charge in [0.25, 0.3) is 5.56 Å². The molecule has 134 valence electrons. The number of pyridine rings is 1. The first kappa shape index (κ1) is 16.8. The molecule has 0 saturated heterocycles. The predicted molar refractivity (Wildman–Crippen MR) is 101 cm³/mol. The van der Waals surface area contributed by atoms with Crippen molar-refractivity contribution in [2.75, 3.05) is 12.9 Å². The fraction of sp³-hybridized carbons (Fsp3) is 0.333. The maximum atomic E-state index is 12.9. The van der Waals surface area contributed by atoms with Crippen molar-refractivity contribution >= 4 is 22.8 Å². The summed E-state index contributed by atoms with van der Waals surface area (Å²) in [5.74, 6) is 1.16. The zero-order valence-electron chi connectivity index (χ0n) is 14.5. The molecule has 0 amide bonds. The molecule has 1 aliphatic heterocycles. The van der Waals surface area contributed by atoms with Crippen LogP contribution in [0.5, 0.6) is 5.88 Å². The predicted octanol–water partition coefficient (Wildman–Crippen LogP) is 2.82. The standard InChI is InChI=1S/C18H19N5O2S/c1-26-18-19-12-13-16(21-18)23-14-8-7-9-15(20-14)25-11-6-4-2-3-5-10-22(23)17(13)24/h3,5,7-9,12H,2,4,6,10-11H2,1H3/b5-3+. The van der Waals surface area contributed by atoms with E-state index in [0.29, 0.717) is 41.0 Å². The van der Waals surface area contributed by atoms with Crippen LogP contribution in [-0.4, -0.2) is 37.2 Å². The van der Waals surface area contributed by atoms with E-state index in [1.165, 1.54) is 11.8 Å². The van der Waals surface area contributed by atoms with Crippen LogP contribution in [0.3, 0.4) is 0 Å². The summed E-state index contributed by atoms with van der Waals surface area (Å²) in [6, 6.07) is 5.56. The van der Waals surface area contributed by atoms with Crippen molar-refractivity contribution in [3.63, 3.8) is 0 Å². The minimum atomic E-state index is -0.125. The van der Waals surface area contributed by atoms with Gasteiger partial charge >= 0.3 is 0 Å². The van der Waals surface area contributed by atoms with E-state index in [-0.39, 0.29) is 5.56 Å². The molecular formula is C18H19N5O2S. The van der Waals surface area contributed by atoms with Crippen molar-refractivity contribution in [3.8, 4) is 11.7 Å². The smallest absolute Gasteiger partial charge is 0.278 e. The number of ether oxygens (including phenoxy) is 1. The van der Waals surface area contributed by atoms with Gasteiger partial charge in [0.2, 0.25) is 5.88 Å². The Morgan fingerprint density at radius 2 is 2.12 bits per heavy atom. The molecule has 0 unspecified atom stereocenters. The van der Waals surface area contributed by atoms with E-state index >= 15 is 0 Å². The van der Waals surface area contributed by atoms with Crippen molar-refractivity contribution < 1.29 is 4.74 Å². The molecule has 4 rings (SSSR count). The average molecular weight is 369 g/mol. The maximum absolute atomic E-state index is 12.9. The van der Waals surface area contributed by atoms with Crippen LogP contribution in [0.4, 0.5) is 0 Å². The molecular weight excluding hydrogens is 350 g/mol. The second-order valence-electron chi connectivity index (χ2n) is 5.94. The lowest BCUT2D eigenvalue weighted by Gasteiger charge is -2.11. The number of aromatic nitrogens is 5. The minimum Gasteiger partial charge on any atom is -0.478 e. The molecule has 0 spiro atoms. The van der Waals surface area contributed by atoms with Crippen LogP contribution in [0.25, 0.3) is 16.9 Å². The SMILES string of the molecule is CSc1ncc2c(=O)n3n(c2n1)-c1cccc(n1)OCCCC/C=C/C3. The largest absolute Gasteiger partial charge is 0.478 e. The zero-order chi connectivity index (χ0) is 17.9. The highest BCUT2D eigenvalue weighted by Gasteiger charge is 2.18. The quantitative estimate of drug-likeness (QED) is 0.373. The van der Waals surface area contributed by atoms with E-state index in [9.17, 15) is 4.79 Å². The number of allylic oxidation sites excluding steroid dienone is 2. The van der Waals surface area contributed by atoms with Gasteiger partial charge in [-0.1, -0.05) is 30.0 Å². The molecule has 4 heterocycles. The second-order valence-corrected chi connectivity index (χ2v) is 6.72. The molecule has 3 aromatic rings. The van der Waals surface area contributed by atoms with E-state index in [2.05, 4.69) is 21.0 Å². The first-order chi connectivity index (χ1) is 12.8. The Morgan fingerprint density at radius 3 is 3.00 bits per heavy atom. The molecule has 8 heteroatoms. The molecule has 0 N–H and O–H groups in total. The number of rotatable bonds is 1. The van der Waals surface area contributed by atoms with Crippen molar-refractivity contribution in [1.82, 2.24) is 24.3 Å². The molecule has 2 bridgehead atoms. The van der Waals surface area contributed by atoms with Gasteiger partial charge in [-0.15, -0.1) is 0 Å². The summed E-state index contributed by atoms with van der Waals surface area (Å²) in [7, 11) is 0. The maximum Gasteiger partial charge on any atom is 0.278 e. The van der Waals surface area contributed by atoms with Crippen molar-refractivity contribution in [2.24, 2.45) is 0 Å². The third-order valence-electron chi connectivity index (χ3n) is 4.22. The number of thioether (sulfide) groups is 1. The van der Waals surface area contributed by atoms with E-state index in [1.54, 1.807) is 15.6 Å². The Balaban J connectivity index is 1.98. The fourth-order valence-corrected chi connectivity index (χ4v) is 3.28. The van der Waals surface area contributed by atoms with Crippen molar-refractivity contribution in [2.45, 2.75) is 31.0 Å². The average Bonchev–Trinajstić information content (AvgIpc) is 2.95. The summed E-state index contributed by atoms with van der Waals surface area (Å²) in [5.41, 5.74) is 0.433. The summed E-state index contributed by atoms with van der Waals surface area (Å²) in [4.78, 5) is 26.3. The Bertz CT molecular complexity index is 1020. The van der Waals surface area contributed by atoms with E-state index in [4.69, 9.17) is 4.74 Å². The summed E-state index contributed by atoms with van der Waals surface area (Å²) in [5, 5.41) is 1.10. The van der Waals surface area contributed by atoms with Gasteiger partial charge in [-0.3, -0.25) is 4.79 Å².